The number of ether oxygens (including phenoxy) is 7. The van der Waals surface area contributed by atoms with Gasteiger partial charge in [-0.3, -0.25) is 0 Å². The van der Waals surface area contributed by atoms with Crippen molar-refractivity contribution in [1.29, 1.82) is 0 Å². The van der Waals surface area contributed by atoms with Crippen LogP contribution in [0.4, 0.5) is 0 Å². The summed E-state index contributed by atoms with van der Waals surface area (Å²) in [6.07, 6.45) is 1.39. The Kier molecular flexibility index (Phi) is 16.4. The molecule has 26 heavy (non-hydrogen) atoms. The fourth-order valence-corrected chi connectivity index (χ4v) is 1.60. The molecular weight excluding hydrogens is 344 g/mol. The van der Waals surface area contributed by atoms with E-state index in [1.54, 1.807) is 0 Å². The molecule has 0 aromatic rings. The molecule has 0 aliphatic heterocycles. The molecule has 0 rings (SSSR count). The first-order chi connectivity index (χ1) is 12.5. The van der Waals surface area contributed by atoms with E-state index in [0.29, 0.717) is 66.1 Å². The van der Waals surface area contributed by atoms with Crippen molar-refractivity contribution in [3.05, 3.63) is 12.8 Å². The third-order valence-electron chi connectivity index (χ3n) is 2.59. The number of carbonyl (C=O) groups excluding carboxylic acids is 1. The molecule has 0 atom stereocenters. The summed E-state index contributed by atoms with van der Waals surface area (Å²) >= 11 is 0. The van der Waals surface area contributed by atoms with Gasteiger partial charge in [0.15, 0.2) is 0 Å². The van der Waals surface area contributed by atoms with Crippen LogP contribution in [0.15, 0.2) is 12.8 Å². The van der Waals surface area contributed by atoms with Gasteiger partial charge in [0.2, 0.25) is 0 Å². The summed E-state index contributed by atoms with van der Waals surface area (Å²) in [4.78, 5) is 11.4. The average Bonchev–Trinajstić information content (AvgIpc) is 2.56. The minimum absolute atomic E-state index is 0.0700. The smallest absolute Gasteiger partial charge is 0.332 e. The zero-order valence-electron chi connectivity index (χ0n) is 16.3. The average molecular weight is 378 g/mol. The van der Waals surface area contributed by atoms with Gasteiger partial charge in [-0.2, -0.15) is 0 Å². The second-order valence-corrected chi connectivity index (χ2v) is 6.13. The Morgan fingerprint density at radius 2 is 1.12 bits per heavy atom. The maximum atomic E-state index is 11.4. The Balaban J connectivity index is 3.13. The van der Waals surface area contributed by atoms with E-state index in [0.717, 1.165) is 0 Å². The molecule has 0 unspecified atom stereocenters. The fourth-order valence-electron chi connectivity index (χ4n) is 1.60. The molecule has 0 fully saturated rings. The zero-order chi connectivity index (χ0) is 19.5. The molecule has 8 nitrogen and oxygen atoms in total. The Morgan fingerprint density at radius 1 is 0.731 bits per heavy atom. The molecule has 0 aliphatic carbocycles. The molecule has 0 spiro atoms. The van der Waals surface area contributed by atoms with Crippen molar-refractivity contribution in [2.45, 2.75) is 26.4 Å². The summed E-state index contributed by atoms with van der Waals surface area (Å²) in [6.45, 7) is 13.5. The molecule has 0 bridgehead atoms. The van der Waals surface area contributed by atoms with Crippen molar-refractivity contribution in [1.82, 2.24) is 0 Å². The third-order valence-corrected chi connectivity index (χ3v) is 2.59. The Morgan fingerprint density at radius 3 is 1.50 bits per heavy atom. The molecule has 0 radical (unpaired) electrons. The van der Waals surface area contributed by atoms with Gasteiger partial charge in [-0.05, 0) is 20.8 Å². The highest BCUT2D eigenvalue weighted by Gasteiger charge is 2.15. The molecule has 0 amide bonds. The number of esters is 1. The molecule has 0 saturated carbocycles. The molecule has 0 heterocycles. The largest absolute Gasteiger partial charge is 0.499 e. The van der Waals surface area contributed by atoms with Crippen molar-refractivity contribution in [3.8, 4) is 0 Å². The maximum Gasteiger partial charge on any atom is 0.332 e. The lowest BCUT2D eigenvalue weighted by atomic mass is 10.2. The van der Waals surface area contributed by atoms with E-state index >= 15 is 0 Å². The van der Waals surface area contributed by atoms with Gasteiger partial charge in [-0.1, -0.05) is 6.58 Å². The summed E-state index contributed by atoms with van der Waals surface area (Å²) in [6, 6.07) is 0. The van der Waals surface area contributed by atoms with Crippen molar-refractivity contribution in [2.24, 2.45) is 0 Å². The normalized spacial score (nSPS) is 11.3. The predicted octanol–water partition coefficient (Wildman–Crippen LogP) is 1.57. The van der Waals surface area contributed by atoms with E-state index in [-0.39, 0.29) is 12.6 Å². The molecule has 8 heteroatoms. The number of hydrogen-bond acceptors (Lipinski definition) is 8. The van der Waals surface area contributed by atoms with Gasteiger partial charge in [-0.25, -0.2) is 4.79 Å². The van der Waals surface area contributed by atoms with Gasteiger partial charge in [-0.15, -0.1) is 0 Å². The van der Waals surface area contributed by atoms with Crippen LogP contribution in [0.3, 0.4) is 0 Å². The number of carbonyl (C=O) groups is 1. The molecular formula is C18H34O8. The van der Waals surface area contributed by atoms with Gasteiger partial charge < -0.3 is 33.2 Å². The summed E-state index contributed by atoms with van der Waals surface area (Å²) < 4.78 is 36.5. The SMILES string of the molecule is C=COCCOCCOCCOCCOCCOCC(=O)OC(C)(C)C. The van der Waals surface area contributed by atoms with Gasteiger partial charge >= 0.3 is 5.97 Å². The molecule has 0 N–H and O–H groups in total. The Labute approximate surface area is 156 Å². The van der Waals surface area contributed by atoms with Crippen LogP contribution in [0.2, 0.25) is 0 Å². The highest BCUT2D eigenvalue weighted by Crippen LogP contribution is 2.06. The second kappa shape index (κ2) is 17.2. The Bertz CT molecular complexity index is 341. The topological polar surface area (TPSA) is 81.7 Å². The summed E-state index contributed by atoms with van der Waals surface area (Å²) in [5.74, 6) is -0.378. The monoisotopic (exact) mass is 378 g/mol. The lowest BCUT2D eigenvalue weighted by Crippen LogP contribution is -2.27. The molecule has 0 saturated heterocycles. The van der Waals surface area contributed by atoms with Crippen LogP contribution in [0, 0.1) is 0 Å². The minimum Gasteiger partial charge on any atom is -0.499 e. The van der Waals surface area contributed by atoms with E-state index in [1.807, 2.05) is 20.8 Å². The first kappa shape index (κ1) is 24.8. The standard InChI is InChI=1S/C18H34O8/c1-5-20-6-7-21-8-9-22-10-11-23-12-13-24-14-15-25-16-17(19)26-18(2,3)4/h5H,1,6-16H2,2-4H3. The third kappa shape index (κ3) is 20.9. The quantitative estimate of drug-likeness (QED) is 0.202. The molecule has 154 valence electrons. The predicted molar refractivity (Wildman–Crippen MR) is 96.1 cm³/mol. The van der Waals surface area contributed by atoms with Crippen LogP contribution in [-0.4, -0.2) is 84.2 Å². The molecule has 0 aromatic heterocycles. The van der Waals surface area contributed by atoms with E-state index in [4.69, 9.17) is 33.2 Å². The van der Waals surface area contributed by atoms with Gasteiger partial charge in [0.05, 0.1) is 65.7 Å². The van der Waals surface area contributed by atoms with E-state index in [1.165, 1.54) is 6.26 Å². The summed E-state index contributed by atoms with van der Waals surface area (Å²) in [5, 5.41) is 0. The maximum absolute atomic E-state index is 11.4. The second-order valence-electron chi connectivity index (χ2n) is 6.13. The van der Waals surface area contributed by atoms with Crippen LogP contribution < -0.4 is 0 Å². The van der Waals surface area contributed by atoms with Crippen molar-refractivity contribution < 1.29 is 38.0 Å². The zero-order valence-corrected chi connectivity index (χ0v) is 16.3. The fraction of sp³-hybridized carbons (Fsp3) is 0.833. The molecule has 0 aromatic carbocycles. The van der Waals surface area contributed by atoms with E-state index < -0.39 is 5.60 Å². The van der Waals surface area contributed by atoms with Crippen molar-refractivity contribution in [3.63, 3.8) is 0 Å². The minimum atomic E-state index is -0.495. The number of hydrogen-bond donors (Lipinski definition) is 0. The summed E-state index contributed by atoms with van der Waals surface area (Å²) in [7, 11) is 0. The Hall–Kier alpha value is -1.19. The summed E-state index contributed by atoms with van der Waals surface area (Å²) in [5.41, 5.74) is -0.495. The molecule has 0 aliphatic rings. The van der Waals surface area contributed by atoms with E-state index in [9.17, 15) is 4.79 Å². The van der Waals surface area contributed by atoms with Crippen molar-refractivity contribution in [2.75, 3.05) is 72.7 Å². The lowest BCUT2D eigenvalue weighted by molar-refractivity contribution is -0.160. The highest BCUT2D eigenvalue weighted by atomic mass is 16.6. The highest BCUT2D eigenvalue weighted by molar-refractivity contribution is 5.71. The first-order valence-electron chi connectivity index (χ1n) is 8.79. The van der Waals surface area contributed by atoms with Crippen LogP contribution in [0.1, 0.15) is 20.8 Å². The van der Waals surface area contributed by atoms with E-state index in [2.05, 4.69) is 6.58 Å². The van der Waals surface area contributed by atoms with Crippen molar-refractivity contribution >= 4 is 5.97 Å². The van der Waals surface area contributed by atoms with Gasteiger partial charge in [0.1, 0.15) is 18.8 Å². The lowest BCUT2D eigenvalue weighted by Gasteiger charge is -2.19. The van der Waals surface area contributed by atoms with Crippen LogP contribution in [0.25, 0.3) is 0 Å². The first-order valence-corrected chi connectivity index (χ1v) is 8.79. The number of rotatable bonds is 18. The van der Waals surface area contributed by atoms with Crippen LogP contribution in [0.5, 0.6) is 0 Å². The van der Waals surface area contributed by atoms with Gasteiger partial charge in [0.25, 0.3) is 0 Å². The van der Waals surface area contributed by atoms with Gasteiger partial charge in [0, 0.05) is 0 Å². The van der Waals surface area contributed by atoms with Crippen LogP contribution >= 0.6 is 0 Å². The van der Waals surface area contributed by atoms with Crippen LogP contribution in [-0.2, 0) is 38.0 Å².